The zero-order chi connectivity index (χ0) is 14.2. The van der Waals surface area contributed by atoms with Crippen molar-refractivity contribution < 1.29 is 4.52 Å². The minimum atomic E-state index is 0.0642. The van der Waals surface area contributed by atoms with Gasteiger partial charge in [0.15, 0.2) is 0 Å². The lowest BCUT2D eigenvalue weighted by molar-refractivity contribution is 0.321. The van der Waals surface area contributed by atoms with Gasteiger partial charge in [0.2, 0.25) is 11.7 Å². The second kappa shape index (κ2) is 4.82. The Labute approximate surface area is 121 Å². The van der Waals surface area contributed by atoms with E-state index >= 15 is 0 Å². The van der Waals surface area contributed by atoms with Crippen molar-refractivity contribution in [1.29, 1.82) is 0 Å². The van der Waals surface area contributed by atoms with Crippen LogP contribution in [0, 0.1) is 0 Å². The average Bonchev–Trinajstić information content (AvgIpc) is 3.15. The van der Waals surface area contributed by atoms with Crippen molar-refractivity contribution in [2.45, 2.75) is 19.0 Å². The molecule has 4 rings (SSSR count). The molecule has 0 saturated carbocycles. The summed E-state index contributed by atoms with van der Waals surface area (Å²) in [4.78, 5) is 8.58. The van der Waals surface area contributed by atoms with Crippen molar-refractivity contribution >= 4 is 0 Å². The molecule has 3 aromatic rings. The molecule has 0 aliphatic carbocycles. The summed E-state index contributed by atoms with van der Waals surface area (Å²) in [6, 6.07) is 8.49. The Kier molecular flexibility index (Phi) is 2.82. The molecule has 6 nitrogen and oxygen atoms in total. The number of aromatic nitrogens is 4. The van der Waals surface area contributed by atoms with E-state index in [1.165, 1.54) is 11.1 Å². The van der Waals surface area contributed by atoms with Crippen LogP contribution < -0.4 is 5.32 Å². The molecule has 0 amide bonds. The minimum Gasteiger partial charge on any atom is -0.337 e. The summed E-state index contributed by atoms with van der Waals surface area (Å²) in [6.07, 6.45) is 4.32. The van der Waals surface area contributed by atoms with Crippen molar-refractivity contribution in [3.63, 3.8) is 0 Å². The fourth-order valence-corrected chi connectivity index (χ4v) is 2.68. The van der Waals surface area contributed by atoms with E-state index in [0.717, 1.165) is 18.7 Å². The first-order chi connectivity index (χ1) is 10.3. The van der Waals surface area contributed by atoms with E-state index in [1.54, 1.807) is 12.5 Å². The molecule has 0 radical (unpaired) electrons. The molecule has 106 valence electrons. The predicted molar refractivity (Wildman–Crippen MR) is 76.2 cm³/mol. The molecule has 0 bridgehead atoms. The fourth-order valence-electron chi connectivity index (χ4n) is 2.68. The number of nitrogens with zero attached hydrogens (tertiary/aromatic N) is 4. The normalized spacial score (nSPS) is 17.7. The third-order valence-electron chi connectivity index (χ3n) is 3.87. The molecule has 1 aliphatic heterocycles. The van der Waals surface area contributed by atoms with Gasteiger partial charge in [0.05, 0.1) is 18.6 Å². The average molecular weight is 281 g/mol. The van der Waals surface area contributed by atoms with E-state index in [0.29, 0.717) is 11.7 Å². The van der Waals surface area contributed by atoms with Crippen molar-refractivity contribution in [2.24, 2.45) is 7.05 Å². The minimum absolute atomic E-state index is 0.0642. The van der Waals surface area contributed by atoms with E-state index in [9.17, 15) is 0 Å². The summed E-state index contributed by atoms with van der Waals surface area (Å²) in [6.45, 7) is 0.824. The lowest BCUT2D eigenvalue weighted by Crippen LogP contribution is -2.28. The van der Waals surface area contributed by atoms with Gasteiger partial charge in [0, 0.05) is 13.6 Å². The largest absolute Gasteiger partial charge is 0.337 e. The number of benzene rings is 1. The van der Waals surface area contributed by atoms with Crippen LogP contribution in [0.2, 0.25) is 0 Å². The SMILES string of the molecule is Cn1cncc1-c1noc([C@@H]2Cc3ccccc3CN2)n1. The van der Waals surface area contributed by atoms with E-state index in [2.05, 4.69) is 44.7 Å². The molecular formula is C15H15N5O. The summed E-state index contributed by atoms with van der Waals surface area (Å²) in [5.74, 6) is 1.20. The fraction of sp³-hybridized carbons (Fsp3) is 0.267. The van der Waals surface area contributed by atoms with Gasteiger partial charge in [-0.05, 0) is 17.5 Å². The monoisotopic (exact) mass is 281 g/mol. The highest BCUT2D eigenvalue weighted by Gasteiger charge is 2.24. The molecule has 0 unspecified atom stereocenters. The van der Waals surface area contributed by atoms with Crippen LogP contribution in [0.1, 0.15) is 23.1 Å². The summed E-state index contributed by atoms with van der Waals surface area (Å²) in [7, 11) is 1.91. The maximum Gasteiger partial charge on any atom is 0.244 e. The maximum atomic E-state index is 5.43. The van der Waals surface area contributed by atoms with Crippen molar-refractivity contribution in [1.82, 2.24) is 25.0 Å². The van der Waals surface area contributed by atoms with Crippen molar-refractivity contribution in [3.8, 4) is 11.5 Å². The van der Waals surface area contributed by atoms with E-state index in [4.69, 9.17) is 4.52 Å². The van der Waals surface area contributed by atoms with Crippen LogP contribution in [0.4, 0.5) is 0 Å². The predicted octanol–water partition coefficient (Wildman–Crippen LogP) is 1.86. The Morgan fingerprint density at radius 1 is 1.29 bits per heavy atom. The van der Waals surface area contributed by atoms with Crippen LogP contribution in [0.5, 0.6) is 0 Å². The number of imidazole rings is 1. The number of hydrogen-bond acceptors (Lipinski definition) is 5. The second-order valence-corrected chi connectivity index (χ2v) is 5.25. The van der Waals surface area contributed by atoms with Gasteiger partial charge in [-0.3, -0.25) is 0 Å². The van der Waals surface area contributed by atoms with Crippen LogP contribution in [-0.2, 0) is 20.0 Å². The van der Waals surface area contributed by atoms with Gasteiger partial charge in [-0.25, -0.2) is 4.98 Å². The van der Waals surface area contributed by atoms with E-state index in [1.807, 2.05) is 11.6 Å². The first kappa shape index (κ1) is 12.3. The summed E-state index contributed by atoms with van der Waals surface area (Å²) in [5, 5.41) is 7.51. The van der Waals surface area contributed by atoms with Gasteiger partial charge in [0.25, 0.3) is 0 Å². The standard InChI is InChI=1S/C15H15N5O/c1-20-9-16-8-13(20)14-18-15(21-19-14)12-6-10-4-2-3-5-11(10)7-17-12/h2-5,8-9,12,17H,6-7H2,1H3/t12-/m0/s1. The molecule has 1 aliphatic rings. The van der Waals surface area contributed by atoms with Gasteiger partial charge in [-0.15, -0.1) is 0 Å². The molecule has 21 heavy (non-hydrogen) atoms. The van der Waals surface area contributed by atoms with Gasteiger partial charge < -0.3 is 14.4 Å². The maximum absolute atomic E-state index is 5.43. The van der Waals surface area contributed by atoms with Crippen LogP contribution >= 0.6 is 0 Å². The number of nitrogens with one attached hydrogen (secondary N) is 1. The van der Waals surface area contributed by atoms with Crippen LogP contribution in [0.25, 0.3) is 11.5 Å². The summed E-state index contributed by atoms with van der Waals surface area (Å²) in [5.41, 5.74) is 3.52. The second-order valence-electron chi connectivity index (χ2n) is 5.25. The smallest absolute Gasteiger partial charge is 0.244 e. The van der Waals surface area contributed by atoms with Gasteiger partial charge in [-0.1, -0.05) is 29.4 Å². The first-order valence-corrected chi connectivity index (χ1v) is 6.92. The van der Waals surface area contributed by atoms with Crippen LogP contribution in [-0.4, -0.2) is 19.7 Å². The highest BCUT2D eigenvalue weighted by atomic mass is 16.5. The molecule has 1 atom stereocenters. The quantitative estimate of drug-likeness (QED) is 0.776. The van der Waals surface area contributed by atoms with Crippen molar-refractivity contribution in [2.75, 3.05) is 0 Å². The van der Waals surface area contributed by atoms with Gasteiger partial charge in [-0.2, -0.15) is 4.98 Å². The topological polar surface area (TPSA) is 68.8 Å². The molecule has 1 aromatic carbocycles. The Balaban J connectivity index is 1.61. The first-order valence-electron chi connectivity index (χ1n) is 6.92. The zero-order valence-electron chi connectivity index (χ0n) is 11.7. The molecule has 1 N–H and O–H groups in total. The van der Waals surface area contributed by atoms with Crippen LogP contribution in [0.15, 0.2) is 41.3 Å². The third-order valence-corrected chi connectivity index (χ3v) is 3.87. The molecule has 6 heteroatoms. The molecule has 3 heterocycles. The van der Waals surface area contributed by atoms with Gasteiger partial charge >= 0.3 is 0 Å². The number of rotatable bonds is 2. The Hall–Kier alpha value is -2.47. The molecular weight excluding hydrogens is 266 g/mol. The molecule has 0 spiro atoms. The highest BCUT2D eigenvalue weighted by molar-refractivity contribution is 5.47. The van der Waals surface area contributed by atoms with Gasteiger partial charge in [0.1, 0.15) is 5.69 Å². The summed E-state index contributed by atoms with van der Waals surface area (Å²) >= 11 is 0. The van der Waals surface area contributed by atoms with E-state index in [-0.39, 0.29) is 6.04 Å². The number of fused-ring (bicyclic) bond motifs is 1. The molecule has 2 aromatic heterocycles. The lowest BCUT2D eigenvalue weighted by Gasteiger charge is -2.23. The van der Waals surface area contributed by atoms with Crippen molar-refractivity contribution in [3.05, 3.63) is 53.8 Å². The number of hydrogen-bond donors (Lipinski definition) is 1. The third kappa shape index (κ3) is 2.13. The Morgan fingerprint density at radius 3 is 2.95 bits per heavy atom. The lowest BCUT2D eigenvalue weighted by atomic mass is 9.96. The zero-order valence-corrected chi connectivity index (χ0v) is 11.7. The molecule has 0 fully saturated rings. The number of aryl methyl sites for hydroxylation is 1. The summed E-state index contributed by atoms with van der Waals surface area (Å²) < 4.78 is 7.31. The van der Waals surface area contributed by atoms with Crippen LogP contribution in [0.3, 0.4) is 0 Å². The van der Waals surface area contributed by atoms with E-state index < -0.39 is 0 Å². The highest BCUT2D eigenvalue weighted by Crippen LogP contribution is 2.26. The molecule has 0 saturated heterocycles. The Bertz CT molecular complexity index is 776. The Morgan fingerprint density at radius 2 is 2.14 bits per heavy atom.